The highest BCUT2D eigenvalue weighted by Crippen LogP contribution is 2.20. The van der Waals surface area contributed by atoms with E-state index in [-0.39, 0.29) is 5.91 Å². The number of nitrogens with zero attached hydrogens (tertiary/aromatic N) is 1. The molecule has 3 nitrogen and oxygen atoms in total. The Labute approximate surface area is 171 Å². The summed E-state index contributed by atoms with van der Waals surface area (Å²) in [5.74, 6) is -0.0848. The van der Waals surface area contributed by atoms with E-state index < -0.39 is 0 Å². The van der Waals surface area contributed by atoms with Gasteiger partial charge in [0.25, 0.3) is 5.91 Å². The summed E-state index contributed by atoms with van der Waals surface area (Å²) in [7, 11) is 0. The van der Waals surface area contributed by atoms with Gasteiger partial charge in [0.2, 0.25) is 0 Å². The normalized spacial score (nSPS) is 13.8. The molecule has 4 heteroatoms. The van der Waals surface area contributed by atoms with Gasteiger partial charge in [-0.3, -0.25) is 9.69 Å². The predicted octanol–water partition coefficient (Wildman–Crippen LogP) is 4.83. The lowest BCUT2D eigenvalue weighted by Gasteiger charge is -2.28. The maximum absolute atomic E-state index is 12.4. The van der Waals surface area contributed by atoms with Gasteiger partial charge in [-0.15, -0.1) is 0 Å². The average Bonchev–Trinajstić information content (AvgIpc) is 2.73. The Balaban J connectivity index is 1.34. The number of nitrogens with one attached hydrogen (secondary N) is 1. The van der Waals surface area contributed by atoms with E-state index in [4.69, 9.17) is 11.6 Å². The molecule has 1 aliphatic heterocycles. The highest BCUT2D eigenvalue weighted by Gasteiger charge is 2.16. The molecule has 0 aliphatic carbocycles. The van der Waals surface area contributed by atoms with Crippen molar-refractivity contribution < 1.29 is 4.79 Å². The van der Waals surface area contributed by atoms with Crippen molar-refractivity contribution in [2.45, 2.75) is 26.1 Å². The molecular formula is C24H23ClN2O. The van der Waals surface area contributed by atoms with Crippen LogP contribution in [0.3, 0.4) is 0 Å². The van der Waals surface area contributed by atoms with Gasteiger partial charge >= 0.3 is 0 Å². The summed E-state index contributed by atoms with van der Waals surface area (Å²) in [6, 6.07) is 24.1. The molecule has 0 bridgehead atoms. The Morgan fingerprint density at radius 3 is 2.43 bits per heavy atom. The zero-order valence-corrected chi connectivity index (χ0v) is 16.5. The van der Waals surface area contributed by atoms with Crippen molar-refractivity contribution in [2.24, 2.45) is 0 Å². The number of carbonyl (C=O) groups excluding carboxylic acids is 1. The Bertz CT molecular complexity index is 968. The Morgan fingerprint density at radius 2 is 1.64 bits per heavy atom. The second-order valence-electron chi connectivity index (χ2n) is 7.20. The number of benzene rings is 3. The molecule has 1 N–H and O–H groups in total. The first-order chi connectivity index (χ1) is 13.7. The van der Waals surface area contributed by atoms with Crippen LogP contribution in [0.4, 0.5) is 0 Å². The summed E-state index contributed by atoms with van der Waals surface area (Å²) in [5, 5.41) is 3.60. The molecule has 28 heavy (non-hydrogen) atoms. The molecule has 0 atom stereocenters. The third-order valence-electron chi connectivity index (χ3n) is 5.23. The molecule has 0 unspecified atom stereocenters. The lowest BCUT2D eigenvalue weighted by Crippen LogP contribution is -2.30. The molecule has 0 fully saturated rings. The van der Waals surface area contributed by atoms with Gasteiger partial charge in [0.1, 0.15) is 0 Å². The van der Waals surface area contributed by atoms with E-state index in [1.54, 1.807) is 0 Å². The van der Waals surface area contributed by atoms with Crippen LogP contribution in [0.25, 0.3) is 0 Å². The largest absolute Gasteiger partial charge is 0.348 e. The third kappa shape index (κ3) is 4.44. The van der Waals surface area contributed by atoms with E-state index in [0.717, 1.165) is 31.6 Å². The summed E-state index contributed by atoms with van der Waals surface area (Å²) in [5.41, 5.74) is 5.69. The minimum absolute atomic E-state index is 0.0848. The van der Waals surface area contributed by atoms with Crippen LogP contribution in [-0.2, 0) is 26.1 Å². The van der Waals surface area contributed by atoms with Crippen molar-refractivity contribution in [2.75, 3.05) is 6.54 Å². The van der Waals surface area contributed by atoms with Crippen LogP contribution in [0.2, 0.25) is 5.02 Å². The molecule has 1 heterocycles. The van der Waals surface area contributed by atoms with Gasteiger partial charge in [-0.05, 0) is 46.9 Å². The van der Waals surface area contributed by atoms with Gasteiger partial charge < -0.3 is 5.32 Å². The molecule has 1 aliphatic rings. The molecule has 142 valence electrons. The molecule has 0 spiro atoms. The van der Waals surface area contributed by atoms with Crippen LogP contribution in [0.1, 0.15) is 32.6 Å². The Morgan fingerprint density at radius 1 is 0.929 bits per heavy atom. The first kappa shape index (κ1) is 18.7. The van der Waals surface area contributed by atoms with Crippen molar-refractivity contribution in [3.05, 3.63) is 106 Å². The van der Waals surface area contributed by atoms with Gasteiger partial charge in [-0.2, -0.15) is 0 Å². The standard InChI is InChI=1S/C24H23ClN2O/c25-23-8-4-3-6-21(23)15-26-24(28)20-11-9-18(10-12-20)16-27-14-13-19-5-1-2-7-22(19)17-27/h1-12H,13-17H2,(H,26,28). The molecule has 1 amide bonds. The van der Waals surface area contributed by atoms with Gasteiger partial charge in [0.15, 0.2) is 0 Å². The summed E-state index contributed by atoms with van der Waals surface area (Å²) in [6.45, 7) is 3.37. The molecule has 0 aromatic heterocycles. The van der Waals surface area contributed by atoms with E-state index in [9.17, 15) is 4.79 Å². The zero-order chi connectivity index (χ0) is 19.3. The number of rotatable bonds is 5. The SMILES string of the molecule is O=C(NCc1ccccc1Cl)c1ccc(CN2CCc3ccccc3C2)cc1. The zero-order valence-electron chi connectivity index (χ0n) is 15.7. The topological polar surface area (TPSA) is 32.3 Å². The molecule has 0 radical (unpaired) electrons. The van der Waals surface area contributed by atoms with Crippen molar-refractivity contribution >= 4 is 17.5 Å². The molecule has 3 aromatic carbocycles. The quantitative estimate of drug-likeness (QED) is 0.676. The average molecular weight is 391 g/mol. The number of hydrogen-bond donors (Lipinski definition) is 1. The third-order valence-corrected chi connectivity index (χ3v) is 5.60. The van der Waals surface area contributed by atoms with Gasteiger partial charge in [0, 0.05) is 36.8 Å². The number of carbonyl (C=O) groups is 1. The molecule has 0 saturated heterocycles. The minimum Gasteiger partial charge on any atom is -0.348 e. The fourth-order valence-electron chi connectivity index (χ4n) is 3.63. The van der Waals surface area contributed by atoms with E-state index in [0.29, 0.717) is 17.1 Å². The number of amides is 1. The summed E-state index contributed by atoms with van der Waals surface area (Å²) in [6.07, 6.45) is 1.10. The smallest absolute Gasteiger partial charge is 0.251 e. The first-order valence-corrected chi connectivity index (χ1v) is 9.96. The van der Waals surface area contributed by atoms with Gasteiger partial charge in [0.05, 0.1) is 0 Å². The van der Waals surface area contributed by atoms with Crippen molar-refractivity contribution in [3.63, 3.8) is 0 Å². The highest BCUT2D eigenvalue weighted by atomic mass is 35.5. The monoisotopic (exact) mass is 390 g/mol. The molecule has 3 aromatic rings. The van der Waals surface area contributed by atoms with E-state index in [1.807, 2.05) is 48.5 Å². The van der Waals surface area contributed by atoms with Gasteiger partial charge in [-0.1, -0.05) is 66.2 Å². The van der Waals surface area contributed by atoms with Crippen molar-refractivity contribution in [1.82, 2.24) is 10.2 Å². The van der Waals surface area contributed by atoms with Crippen molar-refractivity contribution in [3.8, 4) is 0 Å². The van der Waals surface area contributed by atoms with Gasteiger partial charge in [-0.25, -0.2) is 0 Å². The summed E-state index contributed by atoms with van der Waals surface area (Å²) < 4.78 is 0. The number of halogens is 1. The van der Waals surface area contributed by atoms with Crippen LogP contribution in [-0.4, -0.2) is 17.4 Å². The molecular weight excluding hydrogens is 368 g/mol. The highest BCUT2D eigenvalue weighted by molar-refractivity contribution is 6.31. The Hall–Kier alpha value is -2.62. The lowest BCUT2D eigenvalue weighted by atomic mass is 9.99. The van der Waals surface area contributed by atoms with Crippen LogP contribution in [0, 0.1) is 0 Å². The van der Waals surface area contributed by atoms with Crippen LogP contribution in [0.15, 0.2) is 72.8 Å². The maximum Gasteiger partial charge on any atom is 0.251 e. The minimum atomic E-state index is -0.0848. The van der Waals surface area contributed by atoms with E-state index in [1.165, 1.54) is 16.7 Å². The van der Waals surface area contributed by atoms with E-state index in [2.05, 4.69) is 34.5 Å². The number of fused-ring (bicyclic) bond motifs is 1. The van der Waals surface area contributed by atoms with E-state index >= 15 is 0 Å². The first-order valence-electron chi connectivity index (χ1n) is 9.59. The summed E-state index contributed by atoms with van der Waals surface area (Å²) >= 11 is 6.14. The fourth-order valence-corrected chi connectivity index (χ4v) is 3.83. The summed E-state index contributed by atoms with van der Waals surface area (Å²) in [4.78, 5) is 14.9. The second kappa shape index (κ2) is 8.59. The molecule has 4 rings (SSSR count). The second-order valence-corrected chi connectivity index (χ2v) is 7.61. The molecule has 0 saturated carbocycles. The Kier molecular flexibility index (Phi) is 5.75. The lowest BCUT2D eigenvalue weighted by molar-refractivity contribution is 0.0951. The predicted molar refractivity (Wildman–Crippen MR) is 113 cm³/mol. The maximum atomic E-state index is 12.4. The fraction of sp³-hybridized carbons (Fsp3) is 0.208. The number of hydrogen-bond acceptors (Lipinski definition) is 2. The van der Waals surface area contributed by atoms with Crippen LogP contribution in [0.5, 0.6) is 0 Å². The van der Waals surface area contributed by atoms with Crippen molar-refractivity contribution in [1.29, 1.82) is 0 Å². The van der Waals surface area contributed by atoms with Crippen LogP contribution < -0.4 is 5.32 Å². The van der Waals surface area contributed by atoms with Crippen LogP contribution >= 0.6 is 11.6 Å².